The first kappa shape index (κ1) is 16.2. The number of ether oxygens (including phenoxy) is 2. The van der Waals surface area contributed by atoms with Gasteiger partial charge in [0.1, 0.15) is 5.60 Å². The summed E-state index contributed by atoms with van der Waals surface area (Å²) in [5.41, 5.74) is -0.162. The van der Waals surface area contributed by atoms with Crippen molar-refractivity contribution in [3.63, 3.8) is 0 Å². The largest absolute Gasteiger partial charge is 0.381 e. The van der Waals surface area contributed by atoms with Crippen LogP contribution in [-0.4, -0.2) is 20.3 Å². The summed E-state index contributed by atoms with van der Waals surface area (Å²) in [5, 5.41) is 2.58. The lowest BCUT2D eigenvalue weighted by Gasteiger charge is -2.35. The van der Waals surface area contributed by atoms with Crippen LogP contribution >= 0.6 is 23.1 Å². The third-order valence-electron chi connectivity index (χ3n) is 4.66. The van der Waals surface area contributed by atoms with Gasteiger partial charge in [0.15, 0.2) is 0 Å². The van der Waals surface area contributed by atoms with E-state index in [1.807, 2.05) is 30.2 Å². The van der Waals surface area contributed by atoms with E-state index < -0.39 is 0 Å². The van der Waals surface area contributed by atoms with Gasteiger partial charge in [0.05, 0.1) is 4.21 Å². The van der Waals surface area contributed by atoms with Crippen LogP contribution in [0.25, 0.3) is 10.8 Å². The van der Waals surface area contributed by atoms with Crippen LogP contribution in [0, 0.1) is 0 Å². The Morgan fingerprint density at radius 1 is 1.00 bits per heavy atom. The maximum atomic E-state index is 5.91. The molecular formula is C20H20O2S2. The van der Waals surface area contributed by atoms with Gasteiger partial charge >= 0.3 is 0 Å². The van der Waals surface area contributed by atoms with Gasteiger partial charge < -0.3 is 9.47 Å². The van der Waals surface area contributed by atoms with Crippen LogP contribution in [0.5, 0.6) is 0 Å². The predicted molar refractivity (Wildman–Crippen MR) is 101 cm³/mol. The van der Waals surface area contributed by atoms with Crippen molar-refractivity contribution in [2.75, 3.05) is 20.3 Å². The Hall–Kier alpha value is -1.33. The molecule has 0 N–H and O–H groups in total. The third kappa shape index (κ3) is 3.11. The van der Waals surface area contributed by atoms with Crippen molar-refractivity contribution in [2.45, 2.75) is 27.5 Å². The molecule has 0 saturated carbocycles. The number of rotatable bonds is 4. The minimum absolute atomic E-state index is 0.162. The number of methoxy groups -OCH3 is 1. The Balaban J connectivity index is 1.57. The van der Waals surface area contributed by atoms with Crippen LogP contribution in [0.15, 0.2) is 63.7 Å². The predicted octanol–water partition coefficient (Wildman–Crippen LogP) is 5.70. The van der Waals surface area contributed by atoms with Crippen LogP contribution < -0.4 is 0 Å². The summed E-state index contributed by atoms with van der Waals surface area (Å²) in [6.45, 7) is 1.55. The Morgan fingerprint density at radius 2 is 1.79 bits per heavy atom. The van der Waals surface area contributed by atoms with E-state index in [-0.39, 0.29) is 5.60 Å². The fraction of sp³-hybridized carbons (Fsp3) is 0.300. The van der Waals surface area contributed by atoms with Crippen molar-refractivity contribution in [1.29, 1.82) is 0 Å². The molecule has 0 bridgehead atoms. The minimum Gasteiger partial charge on any atom is -0.381 e. The van der Waals surface area contributed by atoms with E-state index >= 15 is 0 Å². The van der Waals surface area contributed by atoms with Crippen molar-refractivity contribution in [3.8, 4) is 0 Å². The zero-order chi connectivity index (χ0) is 16.4. The van der Waals surface area contributed by atoms with Crippen molar-refractivity contribution in [1.82, 2.24) is 0 Å². The molecule has 1 saturated heterocycles. The monoisotopic (exact) mass is 356 g/mol. The highest BCUT2D eigenvalue weighted by molar-refractivity contribution is 8.01. The Labute approximate surface area is 150 Å². The quantitative estimate of drug-likeness (QED) is 0.597. The first-order valence-electron chi connectivity index (χ1n) is 8.19. The minimum atomic E-state index is -0.162. The highest BCUT2D eigenvalue weighted by Crippen LogP contribution is 2.43. The number of fused-ring (bicyclic) bond motifs is 1. The van der Waals surface area contributed by atoms with Crippen molar-refractivity contribution in [3.05, 3.63) is 59.5 Å². The summed E-state index contributed by atoms with van der Waals surface area (Å²) < 4.78 is 12.7. The molecule has 1 aliphatic rings. The lowest BCUT2D eigenvalue weighted by molar-refractivity contribution is -0.0925. The molecule has 1 aromatic heterocycles. The molecule has 0 spiro atoms. The highest BCUT2D eigenvalue weighted by atomic mass is 32.2. The van der Waals surface area contributed by atoms with E-state index in [1.54, 1.807) is 0 Å². The van der Waals surface area contributed by atoms with Crippen LogP contribution in [0.2, 0.25) is 0 Å². The van der Waals surface area contributed by atoms with Gasteiger partial charge in [0, 0.05) is 42.9 Å². The lowest BCUT2D eigenvalue weighted by Crippen LogP contribution is -2.34. The summed E-state index contributed by atoms with van der Waals surface area (Å²) in [7, 11) is 1.82. The molecule has 2 nitrogen and oxygen atoms in total. The van der Waals surface area contributed by atoms with Gasteiger partial charge in [0.2, 0.25) is 0 Å². The van der Waals surface area contributed by atoms with E-state index in [2.05, 4.69) is 54.6 Å². The van der Waals surface area contributed by atoms with Crippen LogP contribution in [0.1, 0.15) is 17.7 Å². The second-order valence-corrected chi connectivity index (χ2v) is 8.50. The molecule has 0 unspecified atom stereocenters. The van der Waals surface area contributed by atoms with Gasteiger partial charge in [-0.3, -0.25) is 0 Å². The molecule has 1 fully saturated rings. The Bertz CT molecular complexity index is 834. The van der Waals surface area contributed by atoms with Crippen molar-refractivity contribution >= 4 is 33.9 Å². The van der Waals surface area contributed by atoms with Gasteiger partial charge in [-0.2, -0.15) is 0 Å². The molecule has 2 aromatic carbocycles. The first-order chi connectivity index (χ1) is 11.8. The molecule has 0 amide bonds. The number of hydrogen-bond donors (Lipinski definition) is 0. The molecule has 4 heteroatoms. The molecule has 0 radical (unpaired) electrons. The Morgan fingerprint density at radius 3 is 2.58 bits per heavy atom. The molecular weight excluding hydrogens is 336 g/mol. The van der Waals surface area contributed by atoms with Gasteiger partial charge in [-0.1, -0.05) is 42.1 Å². The number of hydrogen-bond acceptors (Lipinski definition) is 4. The third-order valence-corrected chi connectivity index (χ3v) is 7.05. The van der Waals surface area contributed by atoms with E-state index in [1.165, 1.54) is 24.8 Å². The van der Waals surface area contributed by atoms with Gasteiger partial charge in [-0.15, -0.1) is 11.3 Å². The lowest BCUT2D eigenvalue weighted by atomic mass is 9.92. The van der Waals surface area contributed by atoms with E-state index in [0.717, 1.165) is 26.1 Å². The fourth-order valence-corrected chi connectivity index (χ4v) is 5.60. The number of thiophene rings is 1. The van der Waals surface area contributed by atoms with Gasteiger partial charge in [-0.25, -0.2) is 0 Å². The van der Waals surface area contributed by atoms with Crippen molar-refractivity contribution < 1.29 is 9.47 Å². The molecule has 0 aliphatic carbocycles. The highest BCUT2D eigenvalue weighted by Gasteiger charge is 2.35. The summed E-state index contributed by atoms with van der Waals surface area (Å²) in [6, 6.07) is 19.6. The molecule has 0 atom stereocenters. The second-order valence-electron chi connectivity index (χ2n) is 6.04. The molecule has 4 rings (SSSR count). The molecule has 2 heterocycles. The Kier molecular flexibility index (Phi) is 4.63. The molecule has 1 aliphatic heterocycles. The second kappa shape index (κ2) is 6.89. The average molecular weight is 357 g/mol. The van der Waals surface area contributed by atoms with E-state index in [4.69, 9.17) is 9.47 Å². The summed E-state index contributed by atoms with van der Waals surface area (Å²) in [6.07, 6.45) is 1.87. The normalized spacial score (nSPS) is 17.2. The maximum Gasteiger partial charge on any atom is 0.106 e. The summed E-state index contributed by atoms with van der Waals surface area (Å²) in [5.74, 6) is 0. The van der Waals surface area contributed by atoms with Crippen LogP contribution in [0.3, 0.4) is 0 Å². The summed E-state index contributed by atoms with van der Waals surface area (Å²) >= 11 is 3.67. The summed E-state index contributed by atoms with van der Waals surface area (Å²) in [4.78, 5) is 2.59. The zero-order valence-corrected chi connectivity index (χ0v) is 15.3. The van der Waals surface area contributed by atoms with Gasteiger partial charge in [0.25, 0.3) is 0 Å². The maximum absolute atomic E-state index is 5.91. The fourth-order valence-electron chi connectivity index (χ4n) is 3.22. The zero-order valence-electron chi connectivity index (χ0n) is 13.7. The van der Waals surface area contributed by atoms with Crippen LogP contribution in [-0.2, 0) is 15.1 Å². The average Bonchev–Trinajstić information content (AvgIpc) is 3.11. The molecule has 24 heavy (non-hydrogen) atoms. The molecule has 3 aromatic rings. The number of benzene rings is 2. The van der Waals surface area contributed by atoms with Crippen LogP contribution in [0.4, 0.5) is 0 Å². The van der Waals surface area contributed by atoms with E-state index in [9.17, 15) is 0 Å². The topological polar surface area (TPSA) is 18.5 Å². The smallest absolute Gasteiger partial charge is 0.106 e. The molecule has 124 valence electrons. The van der Waals surface area contributed by atoms with Crippen molar-refractivity contribution in [2.24, 2.45) is 0 Å². The SMILES string of the molecule is COC1(c2ccc(Sc3ccc4ccccc4c3)s2)CCOCC1. The van der Waals surface area contributed by atoms with Gasteiger partial charge in [-0.05, 0) is 35.0 Å². The standard InChI is InChI=1S/C20H20O2S2/c1-21-20(10-12-22-13-11-20)18-8-9-19(24-18)23-17-7-6-15-4-2-3-5-16(15)14-17/h2-9,14H,10-13H2,1H3. The van der Waals surface area contributed by atoms with E-state index in [0.29, 0.717) is 0 Å². The first-order valence-corrected chi connectivity index (χ1v) is 9.82.